The van der Waals surface area contributed by atoms with Crippen molar-refractivity contribution in [3.8, 4) is 0 Å². The number of benzene rings is 3. The minimum absolute atomic E-state index is 0.158. The van der Waals surface area contributed by atoms with Gasteiger partial charge < -0.3 is 5.32 Å². The second-order valence-corrected chi connectivity index (χ2v) is 9.63. The lowest BCUT2D eigenvalue weighted by atomic mass is 10.0. The second-order valence-electron chi connectivity index (χ2n) is 7.51. The van der Waals surface area contributed by atoms with Crippen molar-refractivity contribution < 1.29 is 13.2 Å². The zero-order valence-corrected chi connectivity index (χ0v) is 18.2. The molecule has 3 aromatic carbocycles. The molecule has 3 rings (SSSR count). The molecule has 0 aliphatic rings. The maximum absolute atomic E-state index is 12.9. The summed E-state index contributed by atoms with van der Waals surface area (Å²) in [5.74, 6) is -0.302. The summed E-state index contributed by atoms with van der Waals surface area (Å²) in [7, 11) is -0.668. The quantitative estimate of drug-likeness (QED) is 0.686. The lowest BCUT2D eigenvalue weighted by molar-refractivity contribution is 0.0939. The zero-order valence-electron chi connectivity index (χ0n) is 17.4. The first-order valence-electron chi connectivity index (χ1n) is 9.44. The average Bonchev–Trinajstić information content (AvgIpc) is 2.69. The number of aryl methyl sites for hydroxylation is 1. The first-order chi connectivity index (χ1) is 13.6. The summed E-state index contributed by atoms with van der Waals surface area (Å²) in [5, 5.41) is 5.23. The van der Waals surface area contributed by atoms with E-state index in [4.69, 9.17) is 0 Å². The molecule has 1 unspecified atom stereocenters. The van der Waals surface area contributed by atoms with Crippen LogP contribution in [0.25, 0.3) is 10.8 Å². The van der Waals surface area contributed by atoms with Gasteiger partial charge in [-0.05, 0) is 66.4 Å². The average molecular weight is 411 g/mol. The van der Waals surface area contributed by atoms with Gasteiger partial charge in [0.25, 0.3) is 5.91 Å². The van der Waals surface area contributed by atoms with Gasteiger partial charge in [-0.25, -0.2) is 12.7 Å². The molecule has 1 amide bonds. The van der Waals surface area contributed by atoms with E-state index < -0.39 is 10.0 Å². The van der Waals surface area contributed by atoms with Gasteiger partial charge in [-0.15, -0.1) is 0 Å². The number of hydrogen-bond acceptors (Lipinski definition) is 3. The van der Waals surface area contributed by atoms with Crippen LogP contribution in [-0.2, 0) is 10.0 Å². The molecule has 1 atom stereocenters. The third-order valence-electron chi connectivity index (χ3n) is 5.26. The molecule has 0 spiro atoms. The molecule has 29 heavy (non-hydrogen) atoms. The van der Waals surface area contributed by atoms with Crippen molar-refractivity contribution in [1.29, 1.82) is 0 Å². The van der Waals surface area contributed by atoms with Crippen molar-refractivity contribution in [1.82, 2.24) is 9.62 Å². The van der Waals surface area contributed by atoms with E-state index in [2.05, 4.69) is 11.4 Å². The Morgan fingerprint density at radius 1 is 0.966 bits per heavy atom. The highest BCUT2D eigenvalue weighted by Gasteiger charge is 2.23. The highest BCUT2D eigenvalue weighted by molar-refractivity contribution is 7.89. The smallest absolute Gasteiger partial charge is 0.251 e. The topological polar surface area (TPSA) is 66.5 Å². The van der Waals surface area contributed by atoms with Crippen molar-refractivity contribution in [2.75, 3.05) is 14.1 Å². The van der Waals surface area contributed by atoms with Crippen molar-refractivity contribution in [2.24, 2.45) is 0 Å². The predicted molar refractivity (Wildman–Crippen MR) is 117 cm³/mol. The van der Waals surface area contributed by atoms with Crippen LogP contribution in [0.1, 0.15) is 40.0 Å². The monoisotopic (exact) mass is 410 g/mol. The van der Waals surface area contributed by atoms with Gasteiger partial charge in [0, 0.05) is 19.7 Å². The number of rotatable bonds is 5. The van der Waals surface area contributed by atoms with Crippen LogP contribution in [0.3, 0.4) is 0 Å². The van der Waals surface area contributed by atoms with E-state index in [-0.39, 0.29) is 16.8 Å². The molecule has 0 radical (unpaired) electrons. The van der Waals surface area contributed by atoms with E-state index in [0.29, 0.717) is 11.1 Å². The van der Waals surface area contributed by atoms with Crippen LogP contribution in [0.2, 0.25) is 0 Å². The Morgan fingerprint density at radius 2 is 1.62 bits per heavy atom. The summed E-state index contributed by atoms with van der Waals surface area (Å²) in [6.07, 6.45) is 0. The molecule has 0 heterocycles. The van der Waals surface area contributed by atoms with E-state index in [1.165, 1.54) is 20.2 Å². The number of hydrogen-bond donors (Lipinski definition) is 1. The molecule has 152 valence electrons. The van der Waals surface area contributed by atoms with Gasteiger partial charge in [0.1, 0.15) is 0 Å². The van der Waals surface area contributed by atoms with Gasteiger partial charge >= 0.3 is 0 Å². The molecule has 0 bridgehead atoms. The normalized spacial score (nSPS) is 12.9. The molecule has 6 heteroatoms. The Hall–Kier alpha value is -2.70. The van der Waals surface area contributed by atoms with Crippen LogP contribution in [0.5, 0.6) is 0 Å². The SMILES string of the molecule is Cc1cc(C(=O)NC(C)c2ccc3ccccc3c2)cc(S(=O)(=O)N(C)C)c1C. The fraction of sp³-hybridized carbons (Fsp3) is 0.261. The van der Waals surface area contributed by atoms with E-state index in [1.807, 2.05) is 50.2 Å². The molecule has 1 N–H and O–H groups in total. The highest BCUT2D eigenvalue weighted by atomic mass is 32.2. The third kappa shape index (κ3) is 4.18. The minimum Gasteiger partial charge on any atom is -0.346 e. The summed E-state index contributed by atoms with van der Waals surface area (Å²) in [5.41, 5.74) is 2.73. The molecule has 0 fully saturated rings. The van der Waals surface area contributed by atoms with Gasteiger partial charge in [-0.2, -0.15) is 0 Å². The molecule has 0 aliphatic carbocycles. The molecule has 0 saturated heterocycles. The van der Waals surface area contributed by atoms with Crippen LogP contribution in [0.15, 0.2) is 59.5 Å². The number of sulfonamides is 1. The maximum atomic E-state index is 12.9. The zero-order chi connectivity index (χ0) is 21.3. The summed E-state index contributed by atoms with van der Waals surface area (Å²) >= 11 is 0. The van der Waals surface area contributed by atoms with Crippen molar-refractivity contribution in [3.05, 3.63) is 76.9 Å². The number of carbonyl (C=O) groups excluding carboxylic acids is 1. The van der Waals surface area contributed by atoms with Crippen molar-refractivity contribution in [3.63, 3.8) is 0 Å². The highest BCUT2D eigenvalue weighted by Crippen LogP contribution is 2.25. The first-order valence-corrected chi connectivity index (χ1v) is 10.9. The van der Waals surface area contributed by atoms with Crippen LogP contribution in [0, 0.1) is 13.8 Å². The molecule has 0 aliphatic heterocycles. The molecule has 0 aromatic heterocycles. The van der Waals surface area contributed by atoms with Gasteiger partial charge in [0.05, 0.1) is 10.9 Å². The van der Waals surface area contributed by atoms with E-state index in [0.717, 1.165) is 26.2 Å². The van der Waals surface area contributed by atoms with Gasteiger partial charge in [-0.3, -0.25) is 4.79 Å². The first kappa shape index (κ1) is 21.0. The largest absolute Gasteiger partial charge is 0.346 e. The Kier molecular flexibility index (Phi) is 5.78. The number of fused-ring (bicyclic) bond motifs is 1. The van der Waals surface area contributed by atoms with Gasteiger partial charge in [0.2, 0.25) is 10.0 Å². The van der Waals surface area contributed by atoms with Crippen LogP contribution >= 0.6 is 0 Å². The van der Waals surface area contributed by atoms with E-state index in [1.54, 1.807) is 13.0 Å². The maximum Gasteiger partial charge on any atom is 0.251 e. The fourth-order valence-corrected chi connectivity index (χ4v) is 4.48. The standard InChI is InChI=1S/C23H26N2O3S/c1-15-12-21(14-22(16(15)2)29(27,28)25(4)5)23(26)24-17(3)19-11-10-18-8-6-7-9-20(18)13-19/h6-14,17H,1-5H3,(H,24,26). The van der Waals surface area contributed by atoms with Gasteiger partial charge in [-0.1, -0.05) is 36.4 Å². The third-order valence-corrected chi connectivity index (χ3v) is 7.20. The van der Waals surface area contributed by atoms with Crippen LogP contribution < -0.4 is 5.32 Å². The molecular formula is C23H26N2O3S. The van der Waals surface area contributed by atoms with E-state index in [9.17, 15) is 13.2 Å². The lowest BCUT2D eigenvalue weighted by Crippen LogP contribution is -2.28. The minimum atomic E-state index is -3.64. The van der Waals surface area contributed by atoms with Crippen molar-refractivity contribution in [2.45, 2.75) is 31.7 Å². The molecule has 3 aromatic rings. The van der Waals surface area contributed by atoms with Crippen LogP contribution in [0.4, 0.5) is 0 Å². The number of nitrogens with zero attached hydrogens (tertiary/aromatic N) is 1. The molecule has 0 saturated carbocycles. The van der Waals surface area contributed by atoms with Gasteiger partial charge in [0.15, 0.2) is 0 Å². The second kappa shape index (κ2) is 7.97. The van der Waals surface area contributed by atoms with Crippen molar-refractivity contribution >= 4 is 26.7 Å². The summed E-state index contributed by atoms with van der Waals surface area (Å²) in [4.78, 5) is 13.0. The number of nitrogens with one attached hydrogen (secondary N) is 1. The summed E-state index contributed by atoms with van der Waals surface area (Å²) in [6.45, 7) is 5.49. The Morgan fingerprint density at radius 3 is 2.28 bits per heavy atom. The van der Waals surface area contributed by atoms with Crippen LogP contribution in [-0.4, -0.2) is 32.7 Å². The summed E-state index contributed by atoms with van der Waals surface area (Å²) in [6, 6.07) is 17.1. The number of amides is 1. The Balaban J connectivity index is 1.91. The predicted octanol–water partition coefficient (Wildman–Crippen LogP) is 4.20. The molecule has 5 nitrogen and oxygen atoms in total. The van der Waals surface area contributed by atoms with E-state index >= 15 is 0 Å². The molecular weight excluding hydrogens is 384 g/mol. The Labute approximate surface area is 172 Å². The lowest BCUT2D eigenvalue weighted by Gasteiger charge is -2.18. The summed E-state index contributed by atoms with van der Waals surface area (Å²) < 4.78 is 26.4. The Bertz CT molecular complexity index is 1180. The fourth-order valence-electron chi connectivity index (χ4n) is 3.26. The number of carbonyl (C=O) groups is 1.